The third-order valence-corrected chi connectivity index (χ3v) is 9.98. The number of likely N-dealkylation sites (N-methyl/N-ethyl adjacent to an activating group) is 1. The smallest absolute Gasteiger partial charge is 0.229 e. The summed E-state index contributed by atoms with van der Waals surface area (Å²) in [7, 11) is -0.264. The fourth-order valence-corrected chi connectivity index (χ4v) is 7.07. The van der Waals surface area contributed by atoms with Crippen LogP contribution >= 0.6 is 34.7 Å². The van der Waals surface area contributed by atoms with Crippen molar-refractivity contribution in [2.24, 2.45) is 0 Å². The van der Waals surface area contributed by atoms with E-state index in [-0.39, 0.29) is 0 Å². The number of piperazine rings is 1. The van der Waals surface area contributed by atoms with Crippen molar-refractivity contribution in [3.05, 3.63) is 58.2 Å². The van der Waals surface area contributed by atoms with E-state index in [2.05, 4.69) is 64.3 Å². The topological polar surface area (TPSA) is 76.6 Å². The molecule has 0 amide bonds. The van der Waals surface area contributed by atoms with Crippen LogP contribution in [-0.4, -0.2) is 85.5 Å². The Morgan fingerprint density at radius 1 is 1.00 bits per heavy atom. The largest absolute Gasteiger partial charge is 0.370 e. The van der Waals surface area contributed by atoms with E-state index >= 15 is 0 Å². The third-order valence-electron chi connectivity index (χ3n) is 7.54. The molecule has 0 atom stereocenters. The van der Waals surface area contributed by atoms with Gasteiger partial charge in [0.1, 0.15) is 13.0 Å². The van der Waals surface area contributed by atoms with E-state index in [0.29, 0.717) is 27.3 Å². The van der Waals surface area contributed by atoms with Gasteiger partial charge < -0.3 is 25.0 Å². The van der Waals surface area contributed by atoms with Crippen LogP contribution in [0.2, 0.25) is 5.02 Å². The lowest BCUT2D eigenvalue weighted by Crippen LogP contribution is -2.52. The van der Waals surface area contributed by atoms with Crippen LogP contribution in [0, 0.1) is 0 Å². The Morgan fingerprint density at radius 2 is 1.72 bits per heavy atom. The molecule has 0 radical (unpaired) electrons. The van der Waals surface area contributed by atoms with Crippen LogP contribution in [0.4, 0.5) is 28.8 Å². The minimum atomic E-state index is -2.47. The van der Waals surface area contributed by atoms with Gasteiger partial charge in [0.15, 0.2) is 0 Å². The van der Waals surface area contributed by atoms with Crippen LogP contribution < -0.4 is 20.8 Å². The number of nitrogens with one attached hydrogen (secondary N) is 2. The van der Waals surface area contributed by atoms with Crippen LogP contribution in [0.5, 0.6) is 0 Å². The summed E-state index contributed by atoms with van der Waals surface area (Å²) < 4.78 is 13.5. The monoisotopic (exact) mass is 631 g/mol. The number of hydrogen-bond acceptors (Lipinski definition) is 8. The second-order valence-electron chi connectivity index (χ2n) is 10.7. The lowest BCUT2D eigenvalue weighted by atomic mass is 10.0. The van der Waals surface area contributed by atoms with Crippen LogP contribution in [-0.2, 0) is 4.57 Å². The maximum Gasteiger partial charge on any atom is 0.229 e. The zero-order valence-corrected chi connectivity index (χ0v) is 25.9. The average molecular weight is 633 g/mol. The molecule has 39 heavy (non-hydrogen) atoms. The normalized spacial score (nSPS) is 17.8. The van der Waals surface area contributed by atoms with Gasteiger partial charge in [0.25, 0.3) is 0 Å². The average Bonchev–Trinajstić information content (AvgIpc) is 2.91. The van der Waals surface area contributed by atoms with Gasteiger partial charge in [-0.2, -0.15) is 4.98 Å². The molecule has 2 saturated heterocycles. The van der Waals surface area contributed by atoms with Gasteiger partial charge >= 0.3 is 0 Å². The molecule has 3 heterocycles. The van der Waals surface area contributed by atoms with Gasteiger partial charge in [0, 0.05) is 62.5 Å². The SMILES string of the molecule is CN1CCN(C2CCN(c3ccc(Nc4ncc(Br)c(Nc5ccccc5P(C)(C)=O)n4)cc3Cl)CC2)CC1. The summed E-state index contributed by atoms with van der Waals surface area (Å²) in [6.07, 6.45) is 4.02. The quantitative estimate of drug-likeness (QED) is 0.315. The summed E-state index contributed by atoms with van der Waals surface area (Å²) in [5.74, 6) is 1.02. The first kappa shape index (κ1) is 28.4. The molecule has 2 aliphatic heterocycles. The van der Waals surface area contributed by atoms with Gasteiger partial charge in [-0.3, -0.25) is 4.90 Å². The number of para-hydroxylation sites is 1. The Hall–Kier alpha value is -2.16. The Labute approximate surface area is 244 Å². The van der Waals surface area contributed by atoms with Crippen molar-refractivity contribution in [1.29, 1.82) is 0 Å². The van der Waals surface area contributed by atoms with E-state index in [4.69, 9.17) is 11.6 Å². The molecule has 0 spiro atoms. The van der Waals surface area contributed by atoms with Crippen molar-refractivity contribution in [3.63, 3.8) is 0 Å². The van der Waals surface area contributed by atoms with Crippen molar-refractivity contribution in [2.75, 3.05) is 75.2 Å². The number of piperidine rings is 1. The van der Waals surface area contributed by atoms with Crippen LogP contribution in [0.1, 0.15) is 12.8 Å². The molecule has 0 aliphatic carbocycles. The molecule has 5 rings (SSSR count). The number of benzene rings is 2. The molecule has 2 N–H and O–H groups in total. The van der Waals surface area contributed by atoms with Gasteiger partial charge in [0.05, 0.1) is 20.9 Å². The predicted octanol–water partition coefficient (Wildman–Crippen LogP) is 5.84. The molecule has 1 aromatic heterocycles. The molecular weight excluding hydrogens is 597 g/mol. The Bertz CT molecular complexity index is 1350. The zero-order valence-electron chi connectivity index (χ0n) is 22.7. The Morgan fingerprint density at radius 3 is 2.41 bits per heavy atom. The number of hydrogen-bond donors (Lipinski definition) is 2. The fourth-order valence-electron chi connectivity index (χ4n) is 5.32. The van der Waals surface area contributed by atoms with Crippen LogP contribution in [0.15, 0.2) is 53.1 Å². The van der Waals surface area contributed by atoms with Crippen molar-refractivity contribution in [2.45, 2.75) is 18.9 Å². The van der Waals surface area contributed by atoms with Crippen molar-refractivity contribution < 1.29 is 4.57 Å². The third kappa shape index (κ3) is 6.95. The summed E-state index contributed by atoms with van der Waals surface area (Å²) >= 11 is 10.3. The number of nitrogens with zero attached hydrogens (tertiary/aromatic N) is 5. The lowest BCUT2D eigenvalue weighted by molar-refractivity contribution is 0.0982. The minimum absolute atomic E-state index is 0.436. The molecule has 8 nitrogen and oxygen atoms in total. The summed E-state index contributed by atoms with van der Waals surface area (Å²) in [4.78, 5) is 16.5. The summed E-state index contributed by atoms with van der Waals surface area (Å²) in [5.41, 5.74) is 2.65. The highest BCUT2D eigenvalue weighted by molar-refractivity contribution is 9.10. The minimum Gasteiger partial charge on any atom is -0.370 e. The van der Waals surface area contributed by atoms with Crippen LogP contribution in [0.3, 0.4) is 0 Å². The van der Waals surface area contributed by atoms with Gasteiger partial charge in [-0.15, -0.1) is 0 Å². The standard InChI is InChI=1S/C28H36BrClN7OP/c1-35-14-16-36(17-15-35)21-10-12-37(13-11-21)25-9-8-20(18-23(25)30)32-28-31-19-22(29)27(34-28)33-24-6-4-5-7-26(24)39(2,3)38/h4-9,18-19,21H,10-17H2,1-3H3,(H2,31,32,33,34). The molecule has 2 fully saturated rings. The predicted molar refractivity (Wildman–Crippen MR) is 168 cm³/mol. The molecule has 3 aromatic rings. The number of anilines is 5. The first-order valence-corrected chi connectivity index (χ1v) is 17.1. The molecule has 2 aromatic carbocycles. The Balaban J connectivity index is 1.24. The van der Waals surface area contributed by atoms with Crippen molar-refractivity contribution >= 4 is 68.8 Å². The first-order chi connectivity index (χ1) is 18.7. The Kier molecular flexibility index (Phi) is 8.84. The molecular formula is C28H36BrClN7OP. The second kappa shape index (κ2) is 12.1. The molecule has 2 aliphatic rings. The maximum atomic E-state index is 12.8. The van der Waals surface area contributed by atoms with Gasteiger partial charge in [0.2, 0.25) is 5.95 Å². The first-order valence-electron chi connectivity index (χ1n) is 13.4. The van der Waals surface area contributed by atoms with E-state index in [0.717, 1.165) is 61.4 Å². The van der Waals surface area contributed by atoms with E-state index in [1.807, 2.05) is 36.4 Å². The van der Waals surface area contributed by atoms with Gasteiger partial charge in [-0.1, -0.05) is 23.7 Å². The second-order valence-corrected chi connectivity index (χ2v) is 15.2. The number of halogens is 2. The highest BCUT2D eigenvalue weighted by Crippen LogP contribution is 2.39. The van der Waals surface area contributed by atoms with E-state index in [1.54, 1.807) is 19.5 Å². The molecule has 0 unspecified atom stereocenters. The molecule has 11 heteroatoms. The van der Waals surface area contributed by atoms with Crippen molar-refractivity contribution in [3.8, 4) is 0 Å². The summed E-state index contributed by atoms with van der Waals surface area (Å²) in [6.45, 7) is 10.2. The van der Waals surface area contributed by atoms with E-state index < -0.39 is 7.14 Å². The lowest BCUT2D eigenvalue weighted by Gasteiger charge is -2.42. The number of aromatic nitrogens is 2. The van der Waals surface area contributed by atoms with E-state index in [9.17, 15) is 4.57 Å². The maximum absolute atomic E-state index is 12.8. The zero-order chi connectivity index (χ0) is 27.6. The van der Waals surface area contributed by atoms with Crippen LogP contribution in [0.25, 0.3) is 0 Å². The van der Waals surface area contributed by atoms with Gasteiger partial charge in [-0.25, -0.2) is 4.98 Å². The molecule has 208 valence electrons. The van der Waals surface area contributed by atoms with Crippen molar-refractivity contribution in [1.82, 2.24) is 19.8 Å². The summed E-state index contributed by atoms with van der Waals surface area (Å²) in [5, 5.41) is 8.08. The fraction of sp³-hybridized carbons (Fsp3) is 0.429. The molecule has 0 bridgehead atoms. The highest BCUT2D eigenvalue weighted by Gasteiger charge is 2.27. The number of rotatable bonds is 7. The summed E-state index contributed by atoms with van der Waals surface area (Å²) in [6, 6.07) is 14.3. The van der Waals surface area contributed by atoms with E-state index in [1.165, 1.54) is 13.1 Å². The molecule has 0 saturated carbocycles. The van der Waals surface area contributed by atoms with Gasteiger partial charge in [-0.05, 0) is 79.5 Å². The highest BCUT2D eigenvalue weighted by atomic mass is 79.9.